The van der Waals surface area contributed by atoms with E-state index in [1.165, 1.54) is 6.08 Å². The van der Waals surface area contributed by atoms with E-state index in [2.05, 4.69) is 5.32 Å². The zero-order chi connectivity index (χ0) is 18.4. The predicted octanol–water partition coefficient (Wildman–Crippen LogP) is 3.57. The molecule has 1 aromatic carbocycles. The van der Waals surface area contributed by atoms with E-state index in [0.717, 1.165) is 31.2 Å². The van der Waals surface area contributed by atoms with Crippen molar-refractivity contribution in [1.29, 1.82) is 0 Å². The van der Waals surface area contributed by atoms with Crippen LogP contribution in [0.25, 0.3) is 6.08 Å². The van der Waals surface area contributed by atoms with Crippen LogP contribution >= 0.6 is 11.6 Å². The van der Waals surface area contributed by atoms with E-state index < -0.39 is 0 Å². The SMILES string of the molecule is COc1cc(/C=C/C(=O)NC2CCC(O)CC2)cc(Cl)c1OC(C)C. The second-order valence-corrected chi connectivity index (χ2v) is 6.96. The van der Waals surface area contributed by atoms with Gasteiger partial charge in [0.15, 0.2) is 11.5 Å². The summed E-state index contributed by atoms with van der Waals surface area (Å²) in [6.45, 7) is 3.83. The number of carbonyl (C=O) groups is 1. The first-order valence-corrected chi connectivity index (χ1v) is 8.97. The highest BCUT2D eigenvalue weighted by Crippen LogP contribution is 2.37. The third-order valence-corrected chi connectivity index (χ3v) is 4.36. The van der Waals surface area contributed by atoms with Crippen LogP contribution in [-0.4, -0.2) is 36.4 Å². The number of amides is 1. The van der Waals surface area contributed by atoms with Crippen LogP contribution in [0.4, 0.5) is 0 Å². The van der Waals surface area contributed by atoms with Crippen molar-refractivity contribution in [2.45, 2.75) is 57.8 Å². The van der Waals surface area contributed by atoms with Gasteiger partial charge in [-0.1, -0.05) is 11.6 Å². The molecule has 138 valence electrons. The van der Waals surface area contributed by atoms with Crippen LogP contribution in [-0.2, 0) is 4.79 Å². The Hall–Kier alpha value is -1.72. The molecule has 2 N–H and O–H groups in total. The molecule has 1 saturated carbocycles. The molecule has 1 aromatic rings. The van der Waals surface area contributed by atoms with Crippen LogP contribution in [0.5, 0.6) is 11.5 Å². The minimum atomic E-state index is -0.232. The van der Waals surface area contributed by atoms with E-state index >= 15 is 0 Å². The van der Waals surface area contributed by atoms with E-state index in [1.54, 1.807) is 25.3 Å². The maximum atomic E-state index is 12.1. The fraction of sp³-hybridized carbons (Fsp3) is 0.526. The van der Waals surface area contributed by atoms with Crippen molar-refractivity contribution in [2.24, 2.45) is 0 Å². The van der Waals surface area contributed by atoms with Gasteiger partial charge in [-0.25, -0.2) is 0 Å². The molecule has 6 heteroatoms. The summed E-state index contributed by atoms with van der Waals surface area (Å²) < 4.78 is 11.0. The van der Waals surface area contributed by atoms with Gasteiger partial charge in [0.1, 0.15) is 0 Å². The molecule has 0 saturated heterocycles. The van der Waals surface area contributed by atoms with Crippen molar-refractivity contribution >= 4 is 23.6 Å². The number of carbonyl (C=O) groups excluding carboxylic acids is 1. The van der Waals surface area contributed by atoms with Crippen LogP contribution in [0, 0.1) is 0 Å². The lowest BCUT2D eigenvalue weighted by atomic mass is 9.93. The van der Waals surface area contributed by atoms with Crippen LogP contribution in [0.2, 0.25) is 5.02 Å². The van der Waals surface area contributed by atoms with E-state index in [1.807, 2.05) is 13.8 Å². The molecule has 0 spiro atoms. The zero-order valence-electron chi connectivity index (χ0n) is 14.9. The summed E-state index contributed by atoms with van der Waals surface area (Å²) >= 11 is 6.28. The molecule has 1 aliphatic rings. The molecule has 2 rings (SSSR count). The molecule has 25 heavy (non-hydrogen) atoms. The first-order valence-electron chi connectivity index (χ1n) is 8.60. The number of hydrogen-bond donors (Lipinski definition) is 2. The summed E-state index contributed by atoms with van der Waals surface area (Å²) in [5.74, 6) is 0.878. The van der Waals surface area contributed by atoms with Gasteiger partial charge in [0, 0.05) is 12.1 Å². The predicted molar refractivity (Wildman–Crippen MR) is 99.2 cm³/mol. The number of methoxy groups -OCH3 is 1. The number of aliphatic hydroxyl groups is 1. The topological polar surface area (TPSA) is 67.8 Å². The van der Waals surface area contributed by atoms with Gasteiger partial charge in [0.05, 0.1) is 24.3 Å². The fourth-order valence-electron chi connectivity index (χ4n) is 2.83. The Morgan fingerprint density at radius 2 is 2.00 bits per heavy atom. The van der Waals surface area contributed by atoms with Crippen molar-refractivity contribution < 1.29 is 19.4 Å². The molecule has 0 atom stereocenters. The first-order chi connectivity index (χ1) is 11.9. The Morgan fingerprint density at radius 1 is 1.32 bits per heavy atom. The molecule has 5 nitrogen and oxygen atoms in total. The maximum absolute atomic E-state index is 12.1. The Bertz CT molecular complexity index is 622. The van der Waals surface area contributed by atoms with Crippen molar-refractivity contribution in [3.8, 4) is 11.5 Å². The fourth-order valence-corrected chi connectivity index (χ4v) is 3.09. The standard InChI is InChI=1S/C19H26ClNO4/c1-12(2)25-19-16(20)10-13(11-17(19)24-3)4-9-18(23)21-14-5-7-15(22)8-6-14/h4,9-12,14-15,22H,5-8H2,1-3H3,(H,21,23)/b9-4+. The number of nitrogens with one attached hydrogen (secondary N) is 1. The molecule has 0 radical (unpaired) electrons. The summed E-state index contributed by atoms with van der Waals surface area (Å²) in [6, 6.07) is 3.65. The minimum Gasteiger partial charge on any atom is -0.493 e. The van der Waals surface area contributed by atoms with Crippen LogP contribution in [0.15, 0.2) is 18.2 Å². The lowest BCUT2D eigenvalue weighted by Crippen LogP contribution is -2.37. The molecule has 0 unspecified atom stereocenters. The third-order valence-electron chi connectivity index (χ3n) is 4.08. The largest absolute Gasteiger partial charge is 0.493 e. The summed E-state index contributed by atoms with van der Waals surface area (Å²) in [4.78, 5) is 12.1. The van der Waals surface area contributed by atoms with Gasteiger partial charge < -0.3 is 19.9 Å². The van der Waals surface area contributed by atoms with Gasteiger partial charge in [-0.15, -0.1) is 0 Å². The quantitative estimate of drug-likeness (QED) is 0.754. The highest BCUT2D eigenvalue weighted by molar-refractivity contribution is 6.32. The Balaban J connectivity index is 2.02. The lowest BCUT2D eigenvalue weighted by Gasteiger charge is -2.25. The molecule has 0 heterocycles. The highest BCUT2D eigenvalue weighted by Gasteiger charge is 2.20. The van der Waals surface area contributed by atoms with Gasteiger partial charge in [0.25, 0.3) is 0 Å². The molecular weight excluding hydrogens is 342 g/mol. The second kappa shape index (κ2) is 9.11. The van der Waals surface area contributed by atoms with E-state index in [9.17, 15) is 9.90 Å². The average Bonchev–Trinajstić information content (AvgIpc) is 2.56. The number of rotatable bonds is 6. The lowest BCUT2D eigenvalue weighted by molar-refractivity contribution is -0.117. The van der Waals surface area contributed by atoms with E-state index in [0.29, 0.717) is 16.5 Å². The van der Waals surface area contributed by atoms with E-state index in [4.69, 9.17) is 21.1 Å². The van der Waals surface area contributed by atoms with Crippen LogP contribution in [0.3, 0.4) is 0 Å². The number of benzene rings is 1. The molecule has 1 aliphatic carbocycles. The van der Waals surface area contributed by atoms with E-state index in [-0.39, 0.29) is 24.2 Å². The molecule has 0 aliphatic heterocycles. The zero-order valence-corrected chi connectivity index (χ0v) is 15.7. The Labute approximate surface area is 154 Å². The smallest absolute Gasteiger partial charge is 0.244 e. The normalized spacial score (nSPS) is 20.7. The van der Waals surface area contributed by atoms with Gasteiger partial charge in [-0.2, -0.15) is 0 Å². The summed E-state index contributed by atoms with van der Waals surface area (Å²) in [7, 11) is 1.55. The number of ether oxygens (including phenoxy) is 2. The number of halogens is 1. The molecule has 1 amide bonds. The molecule has 1 fully saturated rings. The Morgan fingerprint density at radius 3 is 2.60 bits per heavy atom. The summed E-state index contributed by atoms with van der Waals surface area (Å²) in [5, 5.41) is 12.9. The van der Waals surface area contributed by atoms with Gasteiger partial charge in [0.2, 0.25) is 5.91 Å². The Kier molecular flexibility index (Phi) is 7.14. The minimum absolute atomic E-state index is 0.0208. The van der Waals surface area contributed by atoms with Crippen molar-refractivity contribution in [3.63, 3.8) is 0 Å². The molecule has 0 aromatic heterocycles. The average molecular weight is 368 g/mol. The van der Waals surface area contributed by atoms with Gasteiger partial charge in [-0.3, -0.25) is 4.79 Å². The summed E-state index contributed by atoms with van der Waals surface area (Å²) in [5.41, 5.74) is 0.757. The van der Waals surface area contributed by atoms with Crippen LogP contribution < -0.4 is 14.8 Å². The van der Waals surface area contributed by atoms with Crippen molar-refractivity contribution in [3.05, 3.63) is 28.8 Å². The highest BCUT2D eigenvalue weighted by atomic mass is 35.5. The first kappa shape index (κ1) is 19.6. The monoisotopic (exact) mass is 367 g/mol. The molecular formula is C19H26ClNO4. The maximum Gasteiger partial charge on any atom is 0.244 e. The second-order valence-electron chi connectivity index (χ2n) is 6.55. The van der Waals surface area contributed by atoms with Gasteiger partial charge in [-0.05, 0) is 63.3 Å². The summed E-state index contributed by atoms with van der Waals surface area (Å²) in [6.07, 6.45) is 6.01. The number of aliphatic hydroxyl groups excluding tert-OH is 1. The number of hydrogen-bond acceptors (Lipinski definition) is 4. The molecule has 0 bridgehead atoms. The third kappa shape index (κ3) is 5.94. The van der Waals surface area contributed by atoms with Crippen molar-refractivity contribution in [2.75, 3.05) is 7.11 Å². The van der Waals surface area contributed by atoms with Crippen LogP contribution in [0.1, 0.15) is 45.1 Å². The van der Waals surface area contributed by atoms with Gasteiger partial charge >= 0.3 is 0 Å². The van der Waals surface area contributed by atoms with Crippen molar-refractivity contribution in [1.82, 2.24) is 5.32 Å².